The molecule has 1 aliphatic heterocycles. The van der Waals surface area contributed by atoms with E-state index in [4.69, 9.17) is 0 Å². The Morgan fingerprint density at radius 3 is 2.56 bits per heavy atom. The number of aryl methyl sites for hydroxylation is 1. The summed E-state index contributed by atoms with van der Waals surface area (Å²) in [4.78, 5) is 12.4. The van der Waals surface area contributed by atoms with Crippen molar-refractivity contribution in [2.45, 2.75) is 37.6 Å². The van der Waals surface area contributed by atoms with Crippen molar-refractivity contribution >= 4 is 15.9 Å². The van der Waals surface area contributed by atoms with Gasteiger partial charge in [-0.25, -0.2) is 12.8 Å². The van der Waals surface area contributed by atoms with Gasteiger partial charge in [-0.1, -0.05) is 24.6 Å². The summed E-state index contributed by atoms with van der Waals surface area (Å²) in [6, 6.07) is 10.9. The fraction of sp³-hybridized carbons (Fsp3) is 0.350. The number of nitrogens with zero attached hydrogens (tertiary/aromatic N) is 1. The first-order chi connectivity index (χ1) is 12.9. The van der Waals surface area contributed by atoms with E-state index in [1.165, 1.54) is 10.4 Å². The molecule has 1 saturated heterocycles. The Balaban J connectivity index is 1.70. The van der Waals surface area contributed by atoms with Gasteiger partial charge in [0.1, 0.15) is 5.82 Å². The number of carbonyl (C=O) groups is 1. The second-order valence-electron chi connectivity index (χ2n) is 6.76. The zero-order valence-electron chi connectivity index (χ0n) is 15.2. The van der Waals surface area contributed by atoms with Crippen molar-refractivity contribution < 1.29 is 17.6 Å². The summed E-state index contributed by atoms with van der Waals surface area (Å²) >= 11 is 0. The normalized spacial score (nSPS) is 15.5. The zero-order valence-corrected chi connectivity index (χ0v) is 16.1. The van der Waals surface area contributed by atoms with E-state index < -0.39 is 21.7 Å². The van der Waals surface area contributed by atoms with Crippen LogP contribution in [0.3, 0.4) is 0 Å². The van der Waals surface area contributed by atoms with Gasteiger partial charge in [0, 0.05) is 25.2 Å². The number of sulfonamides is 1. The molecular formula is C20H23FN2O3S. The Bertz CT molecular complexity index is 938. The number of hydrogen-bond acceptors (Lipinski definition) is 3. The van der Waals surface area contributed by atoms with Crippen LogP contribution in [-0.2, 0) is 16.6 Å². The van der Waals surface area contributed by atoms with E-state index in [9.17, 15) is 17.6 Å². The van der Waals surface area contributed by atoms with Crippen molar-refractivity contribution in [3.05, 3.63) is 65.0 Å². The molecule has 5 nitrogen and oxygen atoms in total. The zero-order chi connectivity index (χ0) is 19.4. The summed E-state index contributed by atoms with van der Waals surface area (Å²) in [5, 5.41) is 2.71. The maximum absolute atomic E-state index is 13.6. The topological polar surface area (TPSA) is 66.5 Å². The van der Waals surface area contributed by atoms with Crippen LogP contribution in [0.25, 0.3) is 0 Å². The number of halogens is 1. The molecule has 1 fully saturated rings. The van der Waals surface area contributed by atoms with E-state index in [2.05, 4.69) is 5.32 Å². The van der Waals surface area contributed by atoms with Crippen molar-refractivity contribution in [3.63, 3.8) is 0 Å². The van der Waals surface area contributed by atoms with Gasteiger partial charge in [0.25, 0.3) is 5.91 Å². The van der Waals surface area contributed by atoms with Crippen molar-refractivity contribution in [1.29, 1.82) is 0 Å². The molecule has 0 unspecified atom stereocenters. The van der Waals surface area contributed by atoms with Gasteiger partial charge in [0.05, 0.1) is 4.90 Å². The third-order valence-electron chi connectivity index (χ3n) is 4.74. The number of hydrogen-bond donors (Lipinski definition) is 1. The minimum atomic E-state index is -3.51. The first-order valence-corrected chi connectivity index (χ1v) is 10.5. The number of nitrogens with one attached hydrogen (secondary N) is 1. The van der Waals surface area contributed by atoms with Crippen LogP contribution in [-0.4, -0.2) is 31.7 Å². The number of benzene rings is 2. The Hall–Kier alpha value is -2.25. The fourth-order valence-corrected chi connectivity index (χ4v) is 4.68. The van der Waals surface area contributed by atoms with Gasteiger partial charge in [-0.2, -0.15) is 4.31 Å². The highest BCUT2D eigenvalue weighted by Crippen LogP contribution is 2.21. The van der Waals surface area contributed by atoms with Crippen molar-refractivity contribution in [2.75, 3.05) is 13.1 Å². The number of piperidine rings is 1. The highest BCUT2D eigenvalue weighted by Gasteiger charge is 2.25. The summed E-state index contributed by atoms with van der Waals surface area (Å²) in [5.41, 5.74) is 1.38. The van der Waals surface area contributed by atoms with Gasteiger partial charge >= 0.3 is 0 Å². The average molecular weight is 390 g/mol. The Kier molecular flexibility index (Phi) is 5.92. The highest BCUT2D eigenvalue weighted by atomic mass is 32.2. The molecule has 0 aliphatic carbocycles. The van der Waals surface area contributed by atoms with E-state index in [0.717, 1.165) is 19.3 Å². The molecule has 2 aromatic carbocycles. The Morgan fingerprint density at radius 2 is 1.85 bits per heavy atom. The minimum absolute atomic E-state index is 0.164. The van der Waals surface area contributed by atoms with Crippen LogP contribution < -0.4 is 5.32 Å². The largest absolute Gasteiger partial charge is 0.348 e. The van der Waals surface area contributed by atoms with Crippen molar-refractivity contribution in [2.24, 2.45) is 0 Å². The predicted octanol–water partition coefficient (Wildman–Crippen LogP) is 3.24. The molecule has 1 N–H and O–H groups in total. The van der Waals surface area contributed by atoms with Gasteiger partial charge in [0.15, 0.2) is 0 Å². The van der Waals surface area contributed by atoms with E-state index >= 15 is 0 Å². The van der Waals surface area contributed by atoms with Crippen molar-refractivity contribution in [1.82, 2.24) is 9.62 Å². The average Bonchev–Trinajstić information content (AvgIpc) is 2.69. The van der Waals surface area contributed by atoms with Gasteiger partial charge in [-0.15, -0.1) is 0 Å². The summed E-state index contributed by atoms with van der Waals surface area (Å²) in [6.07, 6.45) is 2.81. The standard InChI is InChI=1S/C20H23FN2O3S/c1-15-8-9-17(13-19(15)21)20(24)22-14-16-6-5-7-18(12-16)27(25,26)23-10-3-2-4-11-23/h5-9,12-13H,2-4,10-11,14H2,1H3,(H,22,24). The third kappa shape index (κ3) is 4.54. The predicted molar refractivity (Wildman–Crippen MR) is 101 cm³/mol. The SMILES string of the molecule is Cc1ccc(C(=O)NCc2cccc(S(=O)(=O)N3CCCCC3)c2)cc1F. The summed E-state index contributed by atoms with van der Waals surface area (Å²) in [7, 11) is -3.51. The molecule has 0 atom stereocenters. The van der Waals surface area contributed by atoms with Crippen LogP contribution in [0.1, 0.15) is 40.7 Å². The van der Waals surface area contributed by atoms with E-state index in [-0.39, 0.29) is 17.0 Å². The molecule has 2 aromatic rings. The first kappa shape index (κ1) is 19.5. The number of rotatable bonds is 5. The second kappa shape index (κ2) is 8.19. The minimum Gasteiger partial charge on any atom is -0.348 e. The van der Waals surface area contributed by atoms with Crippen molar-refractivity contribution in [3.8, 4) is 0 Å². The number of amides is 1. The van der Waals surface area contributed by atoms with Crippen LogP contribution in [0.4, 0.5) is 4.39 Å². The van der Waals surface area contributed by atoms with Gasteiger partial charge in [0.2, 0.25) is 10.0 Å². The highest BCUT2D eigenvalue weighted by molar-refractivity contribution is 7.89. The molecule has 1 aliphatic rings. The lowest BCUT2D eigenvalue weighted by molar-refractivity contribution is 0.0950. The first-order valence-electron chi connectivity index (χ1n) is 9.01. The summed E-state index contributed by atoms with van der Waals surface area (Å²) < 4.78 is 40.7. The molecule has 0 bridgehead atoms. The molecule has 27 heavy (non-hydrogen) atoms. The fourth-order valence-electron chi connectivity index (χ4n) is 3.09. The molecule has 7 heteroatoms. The van der Waals surface area contributed by atoms with Gasteiger partial charge in [-0.3, -0.25) is 4.79 Å². The monoisotopic (exact) mass is 390 g/mol. The molecule has 0 saturated carbocycles. The van der Waals surface area contributed by atoms with E-state index in [1.807, 2.05) is 0 Å². The van der Waals surface area contributed by atoms with Crippen LogP contribution in [0.15, 0.2) is 47.4 Å². The second-order valence-corrected chi connectivity index (χ2v) is 8.70. The quantitative estimate of drug-likeness (QED) is 0.852. The third-order valence-corrected chi connectivity index (χ3v) is 6.63. The molecule has 1 heterocycles. The molecule has 0 aromatic heterocycles. The lowest BCUT2D eigenvalue weighted by atomic mass is 10.1. The molecular weight excluding hydrogens is 367 g/mol. The lowest BCUT2D eigenvalue weighted by Crippen LogP contribution is -2.35. The van der Waals surface area contributed by atoms with Crippen LogP contribution >= 0.6 is 0 Å². The van der Waals surface area contributed by atoms with Crippen LogP contribution in [0.5, 0.6) is 0 Å². The molecule has 3 rings (SSSR count). The summed E-state index contributed by atoms with van der Waals surface area (Å²) in [5.74, 6) is -0.838. The Morgan fingerprint density at radius 1 is 1.11 bits per heavy atom. The smallest absolute Gasteiger partial charge is 0.251 e. The maximum Gasteiger partial charge on any atom is 0.251 e. The maximum atomic E-state index is 13.6. The van der Waals surface area contributed by atoms with E-state index in [1.54, 1.807) is 43.3 Å². The molecule has 1 amide bonds. The molecule has 0 spiro atoms. The summed E-state index contributed by atoms with van der Waals surface area (Å²) in [6.45, 7) is 2.88. The Labute approximate surface area is 159 Å². The number of carbonyl (C=O) groups excluding carboxylic acids is 1. The van der Waals surface area contributed by atoms with E-state index in [0.29, 0.717) is 24.2 Å². The van der Waals surface area contributed by atoms with Gasteiger partial charge in [-0.05, 0) is 55.2 Å². The lowest BCUT2D eigenvalue weighted by Gasteiger charge is -2.26. The van der Waals surface area contributed by atoms with Gasteiger partial charge < -0.3 is 5.32 Å². The molecule has 144 valence electrons. The van der Waals surface area contributed by atoms with Crippen LogP contribution in [0, 0.1) is 12.7 Å². The van der Waals surface area contributed by atoms with Crippen LogP contribution in [0.2, 0.25) is 0 Å². The molecule has 0 radical (unpaired) electrons.